The number of hydrogen-bond donors (Lipinski definition) is 3. The van der Waals surface area contributed by atoms with Gasteiger partial charge in [-0.25, -0.2) is 0 Å². The summed E-state index contributed by atoms with van der Waals surface area (Å²) in [6.07, 6.45) is 68.1. The van der Waals surface area contributed by atoms with E-state index in [0.29, 0.717) is 19.3 Å². The molecule has 1 amide bonds. The van der Waals surface area contributed by atoms with Gasteiger partial charge in [-0.3, -0.25) is 9.35 Å². The largest absolute Gasteiger partial charge is 0.387 e. The summed E-state index contributed by atoms with van der Waals surface area (Å²) in [7, 11) is -4.39. The number of allylic oxidation sites excluding steroid dienone is 17. The Hall–Kier alpha value is -3.00. The predicted molar refractivity (Wildman–Crippen MR) is 257 cm³/mol. The number of unbranched alkanes of at least 4 members (excludes halogenated alkanes) is 17. The molecule has 0 aromatic heterocycles. The number of hydrogen-bond acceptors (Lipinski definition) is 4. The lowest BCUT2D eigenvalue weighted by molar-refractivity contribution is -0.122. The van der Waals surface area contributed by atoms with Gasteiger partial charge in [0.1, 0.15) is 0 Å². The third-order valence-corrected chi connectivity index (χ3v) is 10.7. The van der Waals surface area contributed by atoms with Gasteiger partial charge in [0.15, 0.2) is 0 Å². The van der Waals surface area contributed by atoms with Gasteiger partial charge in [-0.05, 0) is 83.5 Å². The second-order valence-electron chi connectivity index (χ2n) is 15.6. The van der Waals surface area contributed by atoms with Crippen LogP contribution in [0.4, 0.5) is 0 Å². The highest BCUT2D eigenvalue weighted by molar-refractivity contribution is 7.85. The molecule has 0 aromatic carbocycles. The van der Waals surface area contributed by atoms with E-state index in [1.165, 1.54) is 102 Å². The topological polar surface area (TPSA) is 104 Å². The van der Waals surface area contributed by atoms with E-state index in [-0.39, 0.29) is 12.3 Å². The summed E-state index contributed by atoms with van der Waals surface area (Å²) in [5, 5.41) is 13.2. The molecule has 0 radical (unpaired) electrons. The van der Waals surface area contributed by atoms with Crippen LogP contribution in [-0.4, -0.2) is 41.9 Å². The fourth-order valence-corrected chi connectivity index (χ4v) is 7.19. The van der Waals surface area contributed by atoms with Crippen molar-refractivity contribution in [2.75, 3.05) is 5.75 Å². The molecule has 0 heterocycles. The van der Waals surface area contributed by atoms with Crippen molar-refractivity contribution in [2.24, 2.45) is 0 Å². The highest BCUT2D eigenvalue weighted by Crippen LogP contribution is 2.14. The lowest BCUT2D eigenvalue weighted by Crippen LogP contribution is -2.46. The zero-order chi connectivity index (χ0) is 43.2. The second kappa shape index (κ2) is 44.5. The van der Waals surface area contributed by atoms with Crippen molar-refractivity contribution < 1.29 is 22.9 Å². The summed E-state index contributed by atoms with van der Waals surface area (Å²) in [4.78, 5) is 12.5. The minimum atomic E-state index is -4.39. The van der Waals surface area contributed by atoms with Crippen molar-refractivity contribution >= 4 is 16.0 Å². The molecule has 0 bridgehead atoms. The highest BCUT2D eigenvalue weighted by atomic mass is 32.2. The van der Waals surface area contributed by atoms with Gasteiger partial charge >= 0.3 is 0 Å². The number of amides is 1. The molecule has 0 rings (SSSR count). The average molecular weight is 838 g/mol. The van der Waals surface area contributed by atoms with Crippen LogP contribution in [0.3, 0.4) is 0 Å². The average Bonchev–Trinajstić information content (AvgIpc) is 3.20. The van der Waals surface area contributed by atoms with E-state index in [1.54, 1.807) is 6.08 Å². The number of nitrogens with one attached hydrogen (secondary N) is 1. The van der Waals surface area contributed by atoms with Crippen molar-refractivity contribution in [3.8, 4) is 0 Å². The molecular formula is C52H87NO5S. The maximum atomic E-state index is 12.5. The molecule has 0 aliphatic rings. The fraction of sp³-hybridized carbons (Fsp3) is 0.635. The number of rotatable bonds is 41. The molecule has 7 heteroatoms. The first-order valence-electron chi connectivity index (χ1n) is 23.6. The van der Waals surface area contributed by atoms with Gasteiger partial charge in [0, 0.05) is 6.42 Å². The van der Waals surface area contributed by atoms with Crippen LogP contribution in [0.15, 0.2) is 109 Å². The Morgan fingerprint density at radius 3 is 1.27 bits per heavy atom. The van der Waals surface area contributed by atoms with Gasteiger partial charge in [-0.2, -0.15) is 8.42 Å². The van der Waals surface area contributed by atoms with Crippen LogP contribution in [-0.2, 0) is 14.9 Å². The van der Waals surface area contributed by atoms with E-state index in [1.807, 2.05) is 6.08 Å². The third kappa shape index (κ3) is 45.9. The number of carbonyl (C=O) groups is 1. The first-order chi connectivity index (χ1) is 28.8. The molecular weight excluding hydrogens is 751 g/mol. The molecule has 0 aromatic rings. The molecule has 0 saturated carbocycles. The lowest BCUT2D eigenvalue weighted by Gasteiger charge is -2.21. The van der Waals surface area contributed by atoms with E-state index in [2.05, 4.69) is 110 Å². The van der Waals surface area contributed by atoms with Crippen molar-refractivity contribution in [1.82, 2.24) is 5.32 Å². The molecule has 0 aliphatic carbocycles. The third-order valence-electron chi connectivity index (χ3n) is 9.93. The smallest absolute Gasteiger partial charge is 0.267 e. The molecule has 3 N–H and O–H groups in total. The normalized spacial score (nSPS) is 14.2. The molecule has 59 heavy (non-hydrogen) atoms. The van der Waals surface area contributed by atoms with E-state index in [0.717, 1.165) is 57.8 Å². The van der Waals surface area contributed by atoms with Gasteiger partial charge in [-0.15, -0.1) is 0 Å². The van der Waals surface area contributed by atoms with Crippen molar-refractivity contribution in [2.45, 2.75) is 206 Å². The molecule has 2 unspecified atom stereocenters. The monoisotopic (exact) mass is 838 g/mol. The minimum absolute atomic E-state index is 0.201. The van der Waals surface area contributed by atoms with Crippen LogP contribution in [0.5, 0.6) is 0 Å². The van der Waals surface area contributed by atoms with Crippen molar-refractivity contribution in [3.05, 3.63) is 109 Å². The van der Waals surface area contributed by atoms with Gasteiger partial charge in [-0.1, -0.05) is 213 Å². The second-order valence-corrected chi connectivity index (χ2v) is 17.1. The predicted octanol–water partition coefficient (Wildman–Crippen LogP) is 14.7. The summed E-state index contributed by atoms with van der Waals surface area (Å²) in [5.74, 6) is -1.09. The molecule has 336 valence electrons. The van der Waals surface area contributed by atoms with E-state index < -0.39 is 28.0 Å². The van der Waals surface area contributed by atoms with Crippen LogP contribution in [0.1, 0.15) is 194 Å². The van der Waals surface area contributed by atoms with Gasteiger partial charge in [0.2, 0.25) is 5.91 Å². The Labute approximate surface area is 363 Å². The lowest BCUT2D eigenvalue weighted by atomic mass is 10.0. The summed E-state index contributed by atoms with van der Waals surface area (Å²) in [5.41, 5.74) is 0. The quantitative estimate of drug-likeness (QED) is 0.0323. The first kappa shape index (κ1) is 56.0. The zero-order valence-electron chi connectivity index (χ0n) is 37.6. The molecule has 2 atom stereocenters. The fourth-order valence-electron chi connectivity index (χ4n) is 6.45. The standard InChI is InChI=1S/C52H87NO5S/c1-3-5-7-9-11-13-15-17-19-21-23-25-26-28-30-32-34-36-38-40-42-44-46-48-52(55)53-50(49-59(56,57)58)51(54)47-45-43-41-39-37-35-33-31-29-27-24-22-20-18-16-14-12-10-8-6-4-2/h5,7,11,13,17,19,23,25,28,30,34,36-37,39-40,42,45,47,50-51,54H,3-4,6,8-10,12,14-16,18,20-22,24,26-27,29,31-33,35,38,41,43-44,46,48-49H2,1-2H3,(H,53,55)(H,56,57,58)/b7-5-,13-11-,19-17-,25-23-,30-28-,36-34-,39-37+,42-40-,47-45+. The van der Waals surface area contributed by atoms with E-state index in [9.17, 15) is 22.9 Å². The molecule has 0 fully saturated rings. The number of carbonyl (C=O) groups excluding carboxylic acids is 1. The number of aliphatic hydroxyl groups excluding tert-OH is 1. The summed E-state index contributed by atoms with van der Waals surface area (Å²) in [6.45, 7) is 4.42. The van der Waals surface area contributed by atoms with Crippen LogP contribution < -0.4 is 5.32 Å². The van der Waals surface area contributed by atoms with Crippen LogP contribution in [0, 0.1) is 0 Å². The molecule has 6 nitrogen and oxygen atoms in total. The van der Waals surface area contributed by atoms with Gasteiger partial charge in [0.25, 0.3) is 10.1 Å². The molecule has 0 spiro atoms. The first-order valence-corrected chi connectivity index (χ1v) is 25.2. The van der Waals surface area contributed by atoms with Crippen molar-refractivity contribution in [3.63, 3.8) is 0 Å². The SMILES string of the molecule is CC/C=C\C/C=C\C/C=C\C/C=C\C/C=C\C/C=C\C/C=C\CCCC(=O)NC(CS(=O)(=O)O)C(O)/C=C/CC/C=C/CCCCCCCCCCCCCCCCC. The van der Waals surface area contributed by atoms with Crippen LogP contribution in [0.25, 0.3) is 0 Å². The Balaban J connectivity index is 4.05. The maximum Gasteiger partial charge on any atom is 0.267 e. The zero-order valence-corrected chi connectivity index (χ0v) is 38.4. The minimum Gasteiger partial charge on any atom is -0.387 e. The molecule has 0 saturated heterocycles. The Morgan fingerprint density at radius 2 is 0.831 bits per heavy atom. The van der Waals surface area contributed by atoms with Gasteiger partial charge < -0.3 is 10.4 Å². The summed E-state index contributed by atoms with van der Waals surface area (Å²) < 4.78 is 32.6. The Bertz CT molecular complexity index is 1330. The molecule has 0 aliphatic heterocycles. The van der Waals surface area contributed by atoms with Crippen LogP contribution >= 0.6 is 0 Å². The highest BCUT2D eigenvalue weighted by Gasteiger charge is 2.24. The van der Waals surface area contributed by atoms with Crippen molar-refractivity contribution in [1.29, 1.82) is 0 Å². The van der Waals surface area contributed by atoms with Gasteiger partial charge in [0.05, 0.1) is 17.9 Å². The number of aliphatic hydroxyl groups is 1. The van der Waals surface area contributed by atoms with Crippen LogP contribution in [0.2, 0.25) is 0 Å². The van der Waals surface area contributed by atoms with E-state index >= 15 is 0 Å². The summed E-state index contributed by atoms with van der Waals surface area (Å²) in [6, 6.07) is -1.11. The van der Waals surface area contributed by atoms with E-state index in [4.69, 9.17) is 0 Å². The Kier molecular flexibility index (Phi) is 42.3. The Morgan fingerprint density at radius 1 is 0.475 bits per heavy atom. The maximum absolute atomic E-state index is 12.5. The summed E-state index contributed by atoms with van der Waals surface area (Å²) >= 11 is 0.